The summed E-state index contributed by atoms with van der Waals surface area (Å²) in [5.74, 6) is 1.73. The van der Waals surface area contributed by atoms with Gasteiger partial charge in [-0.2, -0.15) is 0 Å². The minimum absolute atomic E-state index is 0. The predicted molar refractivity (Wildman–Crippen MR) is 118 cm³/mol. The van der Waals surface area contributed by atoms with E-state index in [4.69, 9.17) is 0 Å². The van der Waals surface area contributed by atoms with Crippen molar-refractivity contribution in [3.05, 3.63) is 23.9 Å². The highest BCUT2D eigenvalue weighted by atomic mass is 35.5. The van der Waals surface area contributed by atoms with Crippen molar-refractivity contribution in [2.75, 3.05) is 50.7 Å². The molecule has 2 aliphatic rings. The Morgan fingerprint density at radius 1 is 1.22 bits per heavy atom. The molecule has 1 atom stereocenters. The molecular formula is C18H32Cl3N5O. The number of hydrogen-bond donors (Lipinski definition) is 2. The van der Waals surface area contributed by atoms with E-state index in [2.05, 4.69) is 44.5 Å². The molecule has 0 aliphatic carbocycles. The van der Waals surface area contributed by atoms with E-state index >= 15 is 0 Å². The number of likely N-dealkylation sites (N-methyl/N-ethyl adjacent to an activating group) is 1. The number of carbonyl (C=O) groups is 1. The predicted octanol–water partition coefficient (Wildman–Crippen LogP) is 1.96. The standard InChI is InChI=1S/C18H29N5O.3ClH/c1-3-22-6-8-23(9-7-22)17-5-4-15(10-20-17)11-21-18(24)14(2)16-12-19-13-16;;;/h4-5,10,14,16,19H,3,6-9,11-13H2,1-2H3,(H,21,24);3*1H. The summed E-state index contributed by atoms with van der Waals surface area (Å²) in [4.78, 5) is 21.5. The van der Waals surface area contributed by atoms with Gasteiger partial charge < -0.3 is 20.4 Å². The van der Waals surface area contributed by atoms with E-state index in [0.29, 0.717) is 12.5 Å². The van der Waals surface area contributed by atoms with Crippen LogP contribution in [-0.4, -0.2) is 61.6 Å². The van der Waals surface area contributed by atoms with Gasteiger partial charge in [0.25, 0.3) is 0 Å². The number of anilines is 1. The van der Waals surface area contributed by atoms with Crippen LogP contribution >= 0.6 is 37.2 Å². The number of amides is 1. The van der Waals surface area contributed by atoms with Crippen LogP contribution in [0.4, 0.5) is 5.82 Å². The van der Waals surface area contributed by atoms with E-state index in [9.17, 15) is 4.79 Å². The maximum Gasteiger partial charge on any atom is 0.223 e. The summed E-state index contributed by atoms with van der Waals surface area (Å²) in [6, 6.07) is 4.15. The van der Waals surface area contributed by atoms with Gasteiger partial charge in [0, 0.05) is 44.8 Å². The minimum atomic E-state index is 0. The Morgan fingerprint density at radius 3 is 2.37 bits per heavy atom. The molecule has 1 unspecified atom stereocenters. The van der Waals surface area contributed by atoms with E-state index in [-0.39, 0.29) is 49.0 Å². The number of halogens is 3. The van der Waals surface area contributed by atoms with Crippen LogP contribution in [0.25, 0.3) is 0 Å². The molecule has 0 aromatic carbocycles. The summed E-state index contributed by atoms with van der Waals surface area (Å²) >= 11 is 0. The second-order valence-corrected chi connectivity index (χ2v) is 6.87. The smallest absolute Gasteiger partial charge is 0.223 e. The Bertz CT molecular complexity index is 548. The van der Waals surface area contributed by atoms with Crippen LogP contribution in [0.15, 0.2) is 18.3 Å². The zero-order valence-electron chi connectivity index (χ0n) is 16.0. The van der Waals surface area contributed by atoms with Crippen molar-refractivity contribution in [3.63, 3.8) is 0 Å². The van der Waals surface area contributed by atoms with Crippen LogP contribution < -0.4 is 15.5 Å². The van der Waals surface area contributed by atoms with Crippen molar-refractivity contribution in [3.8, 4) is 0 Å². The van der Waals surface area contributed by atoms with Crippen LogP contribution in [-0.2, 0) is 11.3 Å². The summed E-state index contributed by atoms with van der Waals surface area (Å²) in [6.07, 6.45) is 1.89. The van der Waals surface area contributed by atoms with E-state index in [1.165, 1.54) is 0 Å². The molecule has 2 saturated heterocycles. The first-order valence-corrected chi connectivity index (χ1v) is 9.08. The first-order valence-electron chi connectivity index (χ1n) is 9.08. The fourth-order valence-electron chi connectivity index (χ4n) is 3.23. The lowest BCUT2D eigenvalue weighted by Gasteiger charge is -2.34. The van der Waals surface area contributed by atoms with Crippen LogP contribution in [0, 0.1) is 11.8 Å². The van der Waals surface area contributed by atoms with Gasteiger partial charge in [0.2, 0.25) is 5.91 Å². The van der Waals surface area contributed by atoms with Crippen molar-refractivity contribution in [1.82, 2.24) is 20.5 Å². The van der Waals surface area contributed by atoms with Gasteiger partial charge >= 0.3 is 0 Å². The molecule has 156 valence electrons. The van der Waals surface area contributed by atoms with Crippen LogP contribution in [0.2, 0.25) is 0 Å². The average molecular weight is 441 g/mol. The molecule has 1 aromatic heterocycles. The number of piperazine rings is 1. The van der Waals surface area contributed by atoms with Gasteiger partial charge in [-0.3, -0.25) is 4.79 Å². The van der Waals surface area contributed by atoms with Gasteiger partial charge in [0.1, 0.15) is 5.82 Å². The lowest BCUT2D eigenvalue weighted by molar-refractivity contribution is -0.126. The third-order valence-corrected chi connectivity index (χ3v) is 5.35. The van der Waals surface area contributed by atoms with Gasteiger partial charge in [-0.15, -0.1) is 37.2 Å². The second-order valence-electron chi connectivity index (χ2n) is 6.87. The largest absolute Gasteiger partial charge is 0.354 e. The first-order chi connectivity index (χ1) is 11.7. The highest BCUT2D eigenvalue weighted by Crippen LogP contribution is 2.17. The maximum absolute atomic E-state index is 12.2. The third-order valence-electron chi connectivity index (χ3n) is 5.35. The highest BCUT2D eigenvalue weighted by molar-refractivity contribution is 5.86. The Hall–Kier alpha value is -0.790. The van der Waals surface area contributed by atoms with Crippen molar-refractivity contribution in [2.45, 2.75) is 20.4 Å². The van der Waals surface area contributed by atoms with Gasteiger partial charge in [-0.25, -0.2) is 4.98 Å². The Labute approximate surface area is 181 Å². The third kappa shape index (κ3) is 6.95. The number of nitrogens with one attached hydrogen (secondary N) is 2. The SMILES string of the molecule is CCN1CCN(c2ccc(CNC(=O)C(C)C3CNC3)cn2)CC1.Cl.Cl.Cl. The molecule has 9 heteroatoms. The Morgan fingerprint density at radius 2 is 1.89 bits per heavy atom. The molecule has 0 spiro atoms. The van der Waals surface area contributed by atoms with Crippen LogP contribution in [0.3, 0.4) is 0 Å². The average Bonchev–Trinajstić information content (AvgIpc) is 2.58. The van der Waals surface area contributed by atoms with Gasteiger partial charge in [0.15, 0.2) is 0 Å². The molecule has 2 fully saturated rings. The molecule has 0 radical (unpaired) electrons. The number of pyridine rings is 1. The Balaban J connectivity index is 0.00000225. The molecule has 0 bridgehead atoms. The zero-order chi connectivity index (χ0) is 16.9. The van der Waals surface area contributed by atoms with E-state index in [1.54, 1.807) is 0 Å². The van der Waals surface area contributed by atoms with Gasteiger partial charge in [-0.1, -0.05) is 19.9 Å². The highest BCUT2D eigenvalue weighted by Gasteiger charge is 2.28. The summed E-state index contributed by atoms with van der Waals surface area (Å²) in [5, 5.41) is 6.25. The van der Waals surface area contributed by atoms with Crippen molar-refractivity contribution >= 4 is 48.9 Å². The normalized spacial score (nSPS) is 18.2. The number of nitrogens with zero attached hydrogens (tertiary/aromatic N) is 3. The van der Waals surface area contributed by atoms with Gasteiger partial charge in [0.05, 0.1) is 0 Å². The number of carbonyl (C=O) groups excluding carboxylic acids is 1. The Kier molecular flexibility index (Phi) is 12.3. The fraction of sp³-hybridized carbons (Fsp3) is 0.667. The first kappa shape index (κ1) is 26.2. The summed E-state index contributed by atoms with van der Waals surface area (Å²) < 4.78 is 0. The number of rotatable bonds is 6. The molecule has 0 saturated carbocycles. The summed E-state index contributed by atoms with van der Waals surface area (Å²) in [5.41, 5.74) is 1.05. The molecule has 3 rings (SSSR count). The van der Waals surface area contributed by atoms with E-state index in [1.807, 2.05) is 13.1 Å². The maximum atomic E-state index is 12.2. The quantitative estimate of drug-likeness (QED) is 0.708. The van der Waals surface area contributed by atoms with E-state index < -0.39 is 0 Å². The number of aromatic nitrogens is 1. The monoisotopic (exact) mass is 439 g/mol. The molecule has 6 nitrogen and oxygen atoms in total. The zero-order valence-corrected chi connectivity index (χ0v) is 18.5. The van der Waals surface area contributed by atoms with Crippen LogP contribution in [0.1, 0.15) is 19.4 Å². The summed E-state index contributed by atoms with van der Waals surface area (Å²) in [6.45, 7) is 12.1. The molecule has 2 N–H and O–H groups in total. The lowest BCUT2D eigenvalue weighted by Crippen LogP contribution is -2.49. The molecule has 1 aromatic rings. The van der Waals surface area contributed by atoms with Crippen molar-refractivity contribution < 1.29 is 4.79 Å². The topological polar surface area (TPSA) is 60.5 Å². The minimum Gasteiger partial charge on any atom is -0.354 e. The van der Waals surface area contributed by atoms with Crippen LogP contribution in [0.5, 0.6) is 0 Å². The molecule has 1 amide bonds. The van der Waals surface area contributed by atoms with Gasteiger partial charge in [-0.05, 0) is 37.2 Å². The fourth-order valence-corrected chi connectivity index (χ4v) is 3.23. The molecular weight excluding hydrogens is 409 g/mol. The van der Waals surface area contributed by atoms with E-state index in [0.717, 1.165) is 57.2 Å². The molecule has 27 heavy (non-hydrogen) atoms. The molecule has 3 heterocycles. The molecule has 2 aliphatic heterocycles. The number of hydrogen-bond acceptors (Lipinski definition) is 5. The summed E-state index contributed by atoms with van der Waals surface area (Å²) in [7, 11) is 0. The lowest BCUT2D eigenvalue weighted by atomic mass is 9.88. The van der Waals surface area contributed by atoms with Crippen molar-refractivity contribution in [2.24, 2.45) is 11.8 Å². The second kappa shape index (κ2) is 12.6. The van der Waals surface area contributed by atoms with Crippen molar-refractivity contribution in [1.29, 1.82) is 0 Å².